The van der Waals surface area contributed by atoms with Crippen LogP contribution in [0.4, 0.5) is 5.69 Å². The molecule has 7 atom stereocenters. The van der Waals surface area contributed by atoms with Gasteiger partial charge in [-0.2, -0.15) is 0 Å². The van der Waals surface area contributed by atoms with E-state index in [1.54, 1.807) is 16.0 Å². The Morgan fingerprint density at radius 1 is 0.776 bits per heavy atom. The molecule has 4 N–H and O–H groups in total. The molecule has 0 bridgehead atoms. The van der Waals surface area contributed by atoms with Gasteiger partial charge in [-0.05, 0) is 107 Å². The molecule has 5 nitrogen and oxygen atoms in total. The maximum Gasteiger partial charge on any atom is 0.0999 e. The average molecular weight is 778 g/mol. The highest BCUT2D eigenvalue weighted by atomic mass is 32.1. The summed E-state index contributed by atoms with van der Waals surface area (Å²) in [5.74, 6) is 1.33. The number of nitrogens with one attached hydrogen (secondary N) is 4. The first-order valence-electron chi connectivity index (χ1n) is 21.4. The number of fused-ring (bicyclic) bond motifs is 5. The quantitative estimate of drug-likeness (QED) is 0.141. The van der Waals surface area contributed by atoms with Crippen molar-refractivity contribution < 1.29 is 0 Å². The Kier molecular flexibility index (Phi) is 9.49. The van der Waals surface area contributed by atoms with Gasteiger partial charge < -0.3 is 20.9 Å². The molecular weight excluding hydrogens is 727 g/mol. The Labute approximate surface area is 347 Å². The van der Waals surface area contributed by atoms with Crippen LogP contribution in [0.5, 0.6) is 0 Å². The summed E-state index contributed by atoms with van der Waals surface area (Å²) in [5, 5.41) is 14.7. The van der Waals surface area contributed by atoms with E-state index in [2.05, 4.69) is 189 Å². The van der Waals surface area contributed by atoms with E-state index in [1.165, 1.54) is 56.1 Å². The third-order valence-electron chi connectivity index (χ3n) is 13.4. The molecule has 0 amide bonds. The third-order valence-corrected chi connectivity index (χ3v) is 14.8. The monoisotopic (exact) mass is 777 g/mol. The van der Waals surface area contributed by atoms with Crippen LogP contribution in [0.15, 0.2) is 164 Å². The van der Waals surface area contributed by atoms with Gasteiger partial charge in [0.05, 0.1) is 18.2 Å². The van der Waals surface area contributed by atoms with Crippen molar-refractivity contribution in [2.24, 2.45) is 5.92 Å². The van der Waals surface area contributed by atoms with E-state index < -0.39 is 0 Å². The molecule has 7 aliphatic rings. The fraction of sp³-hybridized carbons (Fsp3) is 0.269. The molecule has 4 aliphatic heterocycles. The summed E-state index contributed by atoms with van der Waals surface area (Å²) in [4.78, 5) is 5.93. The molecular formula is C52H51N5S. The molecule has 0 saturated carbocycles. The summed E-state index contributed by atoms with van der Waals surface area (Å²) in [7, 11) is 0. The standard InChI is InChI=1S/C52H51N5S/c1-3-10-37(11-4-1)48-43-22-23-47-49(51(43)58-50(48)38-12-5-2-6-13-38)42-16-7-8-17-46(42)57(47)41-15-9-14-40(32-41)45-33-44(55-52(56-45)39-26-30-54-31-27-39)36-20-18-34(19-21-36)35-24-28-53-29-25-35/h1-10,12-21,24-26,28,32-33,37,42,45-47,49,52-56H,11,22-23,27,29-31H2. The number of benzene rings is 3. The zero-order valence-corrected chi connectivity index (χ0v) is 33.7. The van der Waals surface area contributed by atoms with Crippen molar-refractivity contribution in [2.45, 2.75) is 61.8 Å². The first-order chi connectivity index (χ1) is 28.8. The van der Waals surface area contributed by atoms with Gasteiger partial charge in [0.2, 0.25) is 0 Å². The van der Waals surface area contributed by atoms with Crippen LogP contribution >= 0.6 is 11.3 Å². The molecule has 4 aromatic rings. The molecule has 7 unspecified atom stereocenters. The topological polar surface area (TPSA) is 51.4 Å². The summed E-state index contributed by atoms with van der Waals surface area (Å²) in [6.07, 6.45) is 34.6. The lowest BCUT2D eigenvalue weighted by Gasteiger charge is -2.37. The van der Waals surface area contributed by atoms with Crippen LogP contribution in [0.3, 0.4) is 0 Å². The molecule has 1 saturated heterocycles. The minimum atomic E-state index is 0.0616. The van der Waals surface area contributed by atoms with Crippen molar-refractivity contribution in [1.82, 2.24) is 21.3 Å². The lowest BCUT2D eigenvalue weighted by molar-refractivity contribution is 0.455. The highest BCUT2D eigenvalue weighted by Gasteiger charge is 2.51. The molecule has 5 heterocycles. The Hall–Kier alpha value is -5.40. The van der Waals surface area contributed by atoms with Gasteiger partial charge in [0.1, 0.15) is 0 Å². The number of rotatable bonds is 7. The molecule has 0 spiro atoms. The van der Waals surface area contributed by atoms with E-state index in [1.807, 2.05) is 6.20 Å². The summed E-state index contributed by atoms with van der Waals surface area (Å²) in [6, 6.07) is 30.6. The Morgan fingerprint density at radius 2 is 1.66 bits per heavy atom. The molecule has 58 heavy (non-hydrogen) atoms. The Bertz CT molecular complexity index is 2440. The molecule has 1 fully saturated rings. The number of allylic oxidation sites excluding steroid dienone is 8. The molecule has 1 aromatic heterocycles. The average Bonchev–Trinajstić information content (AvgIpc) is 3.87. The number of hydrogen-bond donors (Lipinski definition) is 4. The maximum atomic E-state index is 4.04. The minimum absolute atomic E-state index is 0.0616. The van der Waals surface area contributed by atoms with E-state index in [0.717, 1.165) is 38.9 Å². The van der Waals surface area contributed by atoms with Gasteiger partial charge in [-0.1, -0.05) is 127 Å². The number of dihydropyridines is 1. The van der Waals surface area contributed by atoms with Gasteiger partial charge in [0.25, 0.3) is 0 Å². The fourth-order valence-corrected chi connectivity index (χ4v) is 12.4. The highest BCUT2D eigenvalue weighted by molar-refractivity contribution is 7.16. The molecule has 11 rings (SSSR count). The summed E-state index contributed by atoms with van der Waals surface area (Å²) < 4.78 is 0. The first kappa shape index (κ1) is 35.7. The van der Waals surface area contributed by atoms with Gasteiger partial charge in [-0.15, -0.1) is 11.3 Å². The summed E-state index contributed by atoms with van der Waals surface area (Å²) in [6.45, 7) is 2.79. The van der Waals surface area contributed by atoms with Crippen LogP contribution in [-0.2, 0) is 6.42 Å². The van der Waals surface area contributed by atoms with Gasteiger partial charge >= 0.3 is 0 Å². The van der Waals surface area contributed by atoms with Crippen molar-refractivity contribution in [3.63, 3.8) is 0 Å². The first-order valence-corrected chi connectivity index (χ1v) is 22.2. The second-order valence-electron chi connectivity index (χ2n) is 16.7. The number of hydrogen-bond acceptors (Lipinski definition) is 6. The lowest BCUT2D eigenvalue weighted by Crippen LogP contribution is -2.49. The lowest BCUT2D eigenvalue weighted by atomic mass is 9.75. The van der Waals surface area contributed by atoms with Crippen LogP contribution in [0, 0.1) is 5.92 Å². The zero-order chi connectivity index (χ0) is 38.4. The van der Waals surface area contributed by atoms with E-state index in [-0.39, 0.29) is 12.2 Å². The third kappa shape index (κ3) is 6.48. The van der Waals surface area contributed by atoms with Gasteiger partial charge in [0.15, 0.2) is 0 Å². The van der Waals surface area contributed by atoms with E-state index in [9.17, 15) is 0 Å². The predicted octanol–water partition coefficient (Wildman–Crippen LogP) is 10.1. The SMILES string of the molecule is C1=CCC(c2c(-c3ccccc3)sc3c2CCC2C3C3C=CC=CC3N2c2cccc(C3C=C(c4ccc(C5=CCNC=C5)cc4)NC(C4=CCNCC4)N3)c2)C=C1. The molecule has 3 aromatic carbocycles. The van der Waals surface area contributed by atoms with Crippen LogP contribution in [0.2, 0.25) is 0 Å². The minimum Gasteiger partial charge on any atom is -0.387 e. The van der Waals surface area contributed by atoms with Gasteiger partial charge in [-0.25, -0.2) is 0 Å². The van der Waals surface area contributed by atoms with Gasteiger partial charge in [0, 0.05) is 58.0 Å². The van der Waals surface area contributed by atoms with Crippen molar-refractivity contribution in [3.05, 3.63) is 196 Å². The normalized spacial score (nSPS) is 28.1. The highest BCUT2D eigenvalue weighted by Crippen LogP contribution is 2.57. The number of thiophene rings is 1. The van der Waals surface area contributed by atoms with Crippen LogP contribution in [0.25, 0.3) is 21.7 Å². The summed E-state index contributed by atoms with van der Waals surface area (Å²) >= 11 is 2.10. The second kappa shape index (κ2) is 15.4. The van der Waals surface area contributed by atoms with E-state index in [0.29, 0.717) is 29.8 Å². The Balaban J connectivity index is 0.951. The second-order valence-corrected chi connectivity index (χ2v) is 17.7. The van der Waals surface area contributed by atoms with Crippen molar-refractivity contribution in [3.8, 4) is 10.4 Å². The van der Waals surface area contributed by atoms with Crippen LogP contribution in [-0.4, -0.2) is 37.9 Å². The largest absolute Gasteiger partial charge is 0.387 e. The molecule has 6 heteroatoms. The molecule has 3 aliphatic carbocycles. The van der Waals surface area contributed by atoms with Crippen molar-refractivity contribution >= 4 is 28.3 Å². The molecule has 0 radical (unpaired) electrons. The smallest absolute Gasteiger partial charge is 0.0999 e. The zero-order valence-electron chi connectivity index (χ0n) is 32.9. The molecule has 290 valence electrons. The maximum absolute atomic E-state index is 4.04. The van der Waals surface area contributed by atoms with E-state index >= 15 is 0 Å². The number of nitrogens with zero attached hydrogens (tertiary/aromatic N) is 1. The van der Waals surface area contributed by atoms with Crippen LogP contribution in [0.1, 0.15) is 69.8 Å². The fourth-order valence-electron chi connectivity index (χ4n) is 10.7. The number of anilines is 1. The van der Waals surface area contributed by atoms with E-state index in [4.69, 9.17) is 0 Å². The summed E-state index contributed by atoms with van der Waals surface area (Å²) in [5.41, 5.74) is 13.6. The Morgan fingerprint density at radius 3 is 2.48 bits per heavy atom. The van der Waals surface area contributed by atoms with Crippen molar-refractivity contribution in [2.75, 3.05) is 24.5 Å². The van der Waals surface area contributed by atoms with Gasteiger partial charge in [-0.3, -0.25) is 5.32 Å². The predicted molar refractivity (Wildman–Crippen MR) is 243 cm³/mol. The van der Waals surface area contributed by atoms with Crippen molar-refractivity contribution in [1.29, 1.82) is 0 Å². The van der Waals surface area contributed by atoms with Crippen LogP contribution < -0.4 is 26.2 Å².